The zero-order valence-electron chi connectivity index (χ0n) is 13.7. The largest absolute Gasteiger partial charge is 0.351 e. The highest BCUT2D eigenvalue weighted by molar-refractivity contribution is 6.32. The number of carbonyl (C=O) groups excluding carboxylic acids is 1. The average Bonchev–Trinajstić information content (AvgIpc) is 3.02. The summed E-state index contributed by atoms with van der Waals surface area (Å²) in [6, 6.07) is 0.344. The lowest BCUT2D eigenvalue weighted by molar-refractivity contribution is -0.119. The summed E-state index contributed by atoms with van der Waals surface area (Å²) < 4.78 is 0. The van der Waals surface area contributed by atoms with Crippen molar-refractivity contribution in [3.05, 3.63) is 36.6 Å². The second-order valence-electron chi connectivity index (χ2n) is 6.06. The predicted octanol–water partition coefficient (Wildman–Crippen LogP) is 1.33. The molecule has 1 aromatic heterocycles. The smallest absolute Gasteiger partial charge is 0.243 e. The molecule has 2 aliphatic heterocycles. The van der Waals surface area contributed by atoms with Gasteiger partial charge in [-0.1, -0.05) is 0 Å². The van der Waals surface area contributed by atoms with Crippen LogP contribution in [0.5, 0.6) is 0 Å². The Balaban J connectivity index is 2.01. The van der Waals surface area contributed by atoms with E-state index in [1.165, 1.54) is 6.33 Å². The average molecular weight is 349 g/mol. The van der Waals surface area contributed by atoms with Crippen molar-refractivity contribution in [1.29, 1.82) is 0 Å². The molecule has 8 heteroatoms. The highest BCUT2D eigenvalue weighted by atomic mass is 35.5. The van der Waals surface area contributed by atoms with Gasteiger partial charge in [-0.3, -0.25) is 9.69 Å². The molecule has 0 spiro atoms. The Morgan fingerprint density at radius 2 is 2.25 bits per heavy atom. The van der Waals surface area contributed by atoms with Gasteiger partial charge < -0.3 is 10.6 Å². The molecule has 3 atom stereocenters. The molecule has 1 fully saturated rings. The fourth-order valence-electron chi connectivity index (χ4n) is 3.13. The number of aromatic nitrogens is 2. The van der Waals surface area contributed by atoms with Gasteiger partial charge in [0.1, 0.15) is 17.5 Å². The number of amidine groups is 1. The molecule has 24 heavy (non-hydrogen) atoms. The molecule has 0 saturated carbocycles. The fourth-order valence-corrected chi connectivity index (χ4v) is 3.18. The van der Waals surface area contributed by atoms with Crippen molar-refractivity contribution in [3.8, 4) is 0 Å². The van der Waals surface area contributed by atoms with Crippen molar-refractivity contribution >= 4 is 23.3 Å². The Hall–Kier alpha value is -1.99. The number of aliphatic imine (C=N–C) groups is 1. The summed E-state index contributed by atoms with van der Waals surface area (Å²) in [4.78, 5) is 27.3. The van der Waals surface area contributed by atoms with Crippen molar-refractivity contribution in [2.45, 2.75) is 43.9 Å². The Morgan fingerprint density at radius 3 is 2.88 bits per heavy atom. The molecule has 3 rings (SSSR count). The maximum atomic E-state index is 11.9. The van der Waals surface area contributed by atoms with Crippen molar-refractivity contribution in [1.82, 2.24) is 25.5 Å². The zero-order valence-corrected chi connectivity index (χ0v) is 14.5. The molecule has 2 unspecified atom stereocenters. The molecule has 7 nitrogen and oxygen atoms in total. The lowest BCUT2D eigenvalue weighted by Gasteiger charge is -2.42. The van der Waals surface area contributed by atoms with E-state index in [0.29, 0.717) is 11.9 Å². The lowest BCUT2D eigenvalue weighted by atomic mass is 10.1. The van der Waals surface area contributed by atoms with E-state index in [1.54, 1.807) is 31.6 Å². The van der Waals surface area contributed by atoms with E-state index in [2.05, 4.69) is 32.4 Å². The number of nitrogens with zero attached hydrogens (tertiary/aromatic N) is 4. The third kappa shape index (κ3) is 3.14. The van der Waals surface area contributed by atoms with Crippen LogP contribution in [0.1, 0.15) is 32.3 Å². The second kappa shape index (κ2) is 6.86. The van der Waals surface area contributed by atoms with Gasteiger partial charge in [-0.2, -0.15) is 0 Å². The van der Waals surface area contributed by atoms with Crippen LogP contribution in [0.3, 0.4) is 0 Å². The first-order valence-corrected chi connectivity index (χ1v) is 8.48. The van der Waals surface area contributed by atoms with Gasteiger partial charge in [-0.15, -0.1) is 11.6 Å². The van der Waals surface area contributed by atoms with E-state index in [-0.39, 0.29) is 5.91 Å². The first-order chi connectivity index (χ1) is 11.5. The Bertz CT molecular complexity index is 662. The van der Waals surface area contributed by atoms with Gasteiger partial charge in [0, 0.05) is 31.2 Å². The van der Waals surface area contributed by atoms with Crippen LogP contribution < -0.4 is 10.6 Å². The first-order valence-electron chi connectivity index (χ1n) is 8.04. The molecule has 128 valence electrons. The number of carbonyl (C=O) groups is 1. The molecule has 3 heterocycles. The number of rotatable bonds is 3. The molecular weight excluding hydrogens is 328 g/mol. The molecular formula is C16H21ClN6O. The van der Waals surface area contributed by atoms with Crippen molar-refractivity contribution in [3.63, 3.8) is 0 Å². The fraction of sp³-hybridized carbons (Fsp3) is 0.500. The van der Waals surface area contributed by atoms with Gasteiger partial charge >= 0.3 is 0 Å². The molecule has 1 aromatic rings. The summed E-state index contributed by atoms with van der Waals surface area (Å²) in [6.07, 6.45) is 10.7. The molecule has 2 aliphatic rings. The van der Waals surface area contributed by atoms with Gasteiger partial charge in [0.2, 0.25) is 11.7 Å². The van der Waals surface area contributed by atoms with Crippen molar-refractivity contribution in [2.24, 2.45) is 4.99 Å². The molecule has 1 amide bonds. The molecule has 2 N–H and O–H groups in total. The summed E-state index contributed by atoms with van der Waals surface area (Å²) in [6.45, 7) is 4.70. The SMILES string of the molecule is CC(Cl)C(=O)NC1=NC(c2cncnc2)(N2CCC[C@@H]2C)NC=C1. The van der Waals surface area contributed by atoms with Crippen LogP contribution in [0.15, 0.2) is 36.0 Å². The Labute approximate surface area is 146 Å². The molecule has 1 saturated heterocycles. The zero-order chi connectivity index (χ0) is 17.2. The second-order valence-corrected chi connectivity index (χ2v) is 6.72. The topological polar surface area (TPSA) is 82.5 Å². The Kier molecular flexibility index (Phi) is 4.82. The highest BCUT2D eigenvalue weighted by Crippen LogP contribution is 2.35. The van der Waals surface area contributed by atoms with Gasteiger partial charge in [-0.25, -0.2) is 15.0 Å². The van der Waals surface area contributed by atoms with E-state index >= 15 is 0 Å². The molecule has 0 radical (unpaired) electrons. The van der Waals surface area contributed by atoms with Crippen molar-refractivity contribution in [2.75, 3.05) is 6.54 Å². The van der Waals surface area contributed by atoms with Crippen LogP contribution in [0.2, 0.25) is 0 Å². The summed E-state index contributed by atoms with van der Waals surface area (Å²) in [5, 5.41) is 5.48. The van der Waals surface area contributed by atoms with Crippen molar-refractivity contribution < 1.29 is 4.79 Å². The quantitative estimate of drug-likeness (QED) is 0.805. The van der Waals surface area contributed by atoms with E-state index in [0.717, 1.165) is 24.9 Å². The number of alkyl halides is 1. The van der Waals surface area contributed by atoms with E-state index in [4.69, 9.17) is 16.6 Å². The minimum Gasteiger partial charge on any atom is -0.351 e. The third-order valence-electron chi connectivity index (χ3n) is 4.35. The van der Waals surface area contributed by atoms with Crippen LogP contribution in [0, 0.1) is 0 Å². The normalized spacial score (nSPS) is 28.1. The first kappa shape index (κ1) is 16.9. The maximum absolute atomic E-state index is 11.9. The molecule has 0 bridgehead atoms. The number of likely N-dealkylation sites (tertiary alicyclic amines) is 1. The number of hydrogen-bond acceptors (Lipinski definition) is 6. The monoisotopic (exact) mass is 348 g/mol. The van der Waals surface area contributed by atoms with Gasteiger partial charge in [0.25, 0.3) is 0 Å². The van der Waals surface area contributed by atoms with Crippen LogP contribution in [-0.4, -0.2) is 44.6 Å². The summed E-state index contributed by atoms with van der Waals surface area (Å²) in [5.74, 6) is -0.645. The summed E-state index contributed by atoms with van der Waals surface area (Å²) in [5.41, 5.74) is 0.828. The van der Waals surface area contributed by atoms with Crippen LogP contribution in [0.25, 0.3) is 0 Å². The molecule has 0 aliphatic carbocycles. The maximum Gasteiger partial charge on any atom is 0.243 e. The Morgan fingerprint density at radius 1 is 1.50 bits per heavy atom. The number of halogens is 1. The number of nitrogens with one attached hydrogen (secondary N) is 2. The van der Waals surface area contributed by atoms with Crippen LogP contribution in [0.4, 0.5) is 0 Å². The van der Waals surface area contributed by atoms with E-state index in [1.807, 2.05) is 0 Å². The minimum atomic E-state index is -0.829. The van der Waals surface area contributed by atoms with E-state index < -0.39 is 11.2 Å². The minimum absolute atomic E-state index is 0.283. The summed E-state index contributed by atoms with van der Waals surface area (Å²) in [7, 11) is 0. The third-order valence-corrected chi connectivity index (χ3v) is 4.55. The van der Waals surface area contributed by atoms with Gasteiger partial charge in [0.05, 0.1) is 5.56 Å². The lowest BCUT2D eigenvalue weighted by Crippen LogP contribution is -2.57. The number of amides is 1. The highest BCUT2D eigenvalue weighted by Gasteiger charge is 2.44. The summed E-state index contributed by atoms with van der Waals surface area (Å²) >= 11 is 5.85. The van der Waals surface area contributed by atoms with Gasteiger partial charge in [-0.05, 0) is 32.8 Å². The number of hydrogen-bond donors (Lipinski definition) is 2. The van der Waals surface area contributed by atoms with Crippen LogP contribution in [-0.2, 0) is 10.6 Å². The van der Waals surface area contributed by atoms with E-state index in [9.17, 15) is 4.79 Å². The standard InChI is InChI=1S/C16H21ClN6O/c1-11-4-3-7-23(11)16(13-8-18-10-19-9-13)20-6-5-14(22-16)21-15(24)12(2)17/h5-6,8-12,20H,3-4,7H2,1-2H3,(H,21,22,24)/t11-,12?,16?/m0/s1. The van der Waals surface area contributed by atoms with Crippen LogP contribution >= 0.6 is 11.6 Å². The van der Waals surface area contributed by atoms with Gasteiger partial charge in [0.15, 0.2) is 0 Å². The predicted molar refractivity (Wildman–Crippen MR) is 92.3 cm³/mol. The molecule has 0 aromatic carbocycles.